The summed E-state index contributed by atoms with van der Waals surface area (Å²) < 4.78 is 5.67. The summed E-state index contributed by atoms with van der Waals surface area (Å²) in [4.78, 5) is 32.7. The van der Waals surface area contributed by atoms with Crippen LogP contribution in [0.1, 0.15) is 31.1 Å². The van der Waals surface area contributed by atoms with Crippen LogP contribution in [0.2, 0.25) is 0 Å². The van der Waals surface area contributed by atoms with Gasteiger partial charge >= 0.3 is 0 Å². The van der Waals surface area contributed by atoms with Gasteiger partial charge < -0.3 is 0 Å². The van der Waals surface area contributed by atoms with Gasteiger partial charge in [-0.2, -0.15) is 0 Å². The van der Waals surface area contributed by atoms with Gasteiger partial charge in [0.25, 0.3) is 0 Å². The van der Waals surface area contributed by atoms with Gasteiger partial charge in [-0.05, 0) is 18.2 Å². The van der Waals surface area contributed by atoms with E-state index in [1.165, 1.54) is 0 Å². The van der Waals surface area contributed by atoms with Crippen LogP contribution in [0.15, 0.2) is 55.4 Å². The van der Waals surface area contributed by atoms with E-state index in [9.17, 15) is 14.4 Å². The molecule has 0 saturated carbocycles. The zero-order valence-corrected chi connectivity index (χ0v) is 12.3. The molecule has 0 amide bonds. The molecule has 0 unspecified atom stereocenters. The third kappa shape index (κ3) is 2.56. The standard InChI is InChI=1S/C15H12N3O3P/c19-10-13-1-4-16(7-13)22(17-5-2-14(8-17)11-20)18-6-3-15(9-18)12-21/h1-12H. The van der Waals surface area contributed by atoms with Gasteiger partial charge in [0.2, 0.25) is 8.37 Å². The Morgan fingerprint density at radius 2 is 0.955 bits per heavy atom. The molecule has 6 nitrogen and oxygen atoms in total. The van der Waals surface area contributed by atoms with Crippen LogP contribution in [0.5, 0.6) is 0 Å². The minimum absolute atomic E-state index is 0.568. The fourth-order valence-electron chi connectivity index (χ4n) is 2.10. The highest BCUT2D eigenvalue weighted by molar-refractivity contribution is 7.52. The van der Waals surface area contributed by atoms with Crippen LogP contribution in [0.4, 0.5) is 0 Å². The van der Waals surface area contributed by atoms with E-state index in [1.54, 1.807) is 55.4 Å². The van der Waals surface area contributed by atoms with E-state index in [1.807, 2.05) is 13.0 Å². The zero-order chi connectivity index (χ0) is 15.5. The molecule has 0 fully saturated rings. The van der Waals surface area contributed by atoms with E-state index in [4.69, 9.17) is 0 Å². The molecule has 0 saturated heterocycles. The van der Waals surface area contributed by atoms with E-state index in [2.05, 4.69) is 0 Å². The largest absolute Gasteiger partial charge is 0.298 e. The first kappa shape index (κ1) is 14.2. The quantitative estimate of drug-likeness (QED) is 0.519. The summed E-state index contributed by atoms with van der Waals surface area (Å²) in [5, 5.41) is 0. The smallest absolute Gasteiger partial charge is 0.219 e. The Hall–Kier alpha value is -2.72. The molecule has 0 bridgehead atoms. The van der Waals surface area contributed by atoms with Crippen molar-refractivity contribution in [3.8, 4) is 0 Å². The van der Waals surface area contributed by atoms with Crippen LogP contribution in [0, 0.1) is 0 Å². The van der Waals surface area contributed by atoms with Crippen LogP contribution in [-0.2, 0) is 0 Å². The van der Waals surface area contributed by atoms with E-state index in [0.717, 1.165) is 18.9 Å². The summed E-state index contributed by atoms with van der Waals surface area (Å²) in [6.07, 6.45) is 13.0. The van der Waals surface area contributed by atoms with E-state index in [-0.39, 0.29) is 0 Å². The molecule has 3 aromatic heterocycles. The average Bonchev–Trinajstić information content (AvgIpc) is 3.28. The first-order valence-electron chi connectivity index (χ1n) is 6.45. The van der Waals surface area contributed by atoms with Gasteiger partial charge in [0, 0.05) is 53.9 Å². The third-order valence-electron chi connectivity index (χ3n) is 3.13. The fraction of sp³-hybridized carbons (Fsp3) is 0. The Kier molecular flexibility index (Phi) is 3.85. The van der Waals surface area contributed by atoms with Crippen molar-refractivity contribution in [3.05, 3.63) is 72.1 Å². The predicted molar refractivity (Wildman–Crippen MR) is 82.6 cm³/mol. The lowest BCUT2D eigenvalue weighted by Crippen LogP contribution is -2.04. The number of carbonyl (C=O) groups is 3. The number of aromatic nitrogens is 3. The van der Waals surface area contributed by atoms with Crippen molar-refractivity contribution >= 4 is 27.2 Å². The van der Waals surface area contributed by atoms with Crippen molar-refractivity contribution < 1.29 is 14.4 Å². The molecule has 0 atom stereocenters. The number of aldehydes is 3. The summed E-state index contributed by atoms with van der Waals surface area (Å²) in [5.74, 6) is 0. The first-order chi connectivity index (χ1) is 10.7. The number of carbonyl (C=O) groups excluding carboxylic acids is 3. The molecule has 0 aliphatic carbocycles. The molecule has 0 spiro atoms. The average molecular weight is 313 g/mol. The molecular formula is C15H12N3O3P. The van der Waals surface area contributed by atoms with Gasteiger partial charge in [0.15, 0.2) is 18.9 Å². The van der Waals surface area contributed by atoms with Crippen molar-refractivity contribution in [2.75, 3.05) is 0 Å². The Morgan fingerprint density at radius 1 is 0.636 bits per heavy atom. The molecule has 0 aromatic carbocycles. The van der Waals surface area contributed by atoms with E-state index >= 15 is 0 Å². The van der Waals surface area contributed by atoms with Crippen LogP contribution >= 0.6 is 8.37 Å². The molecule has 0 aliphatic heterocycles. The van der Waals surface area contributed by atoms with Crippen molar-refractivity contribution in [2.45, 2.75) is 0 Å². The fourth-order valence-corrected chi connectivity index (χ4v) is 4.09. The number of rotatable bonds is 6. The SMILES string of the molecule is O=Cc1ccn(P(n2ccc(C=O)c2)n2ccc(C=O)c2)c1. The summed E-state index contributed by atoms with van der Waals surface area (Å²) in [6.45, 7) is 0. The number of nitrogens with zero attached hydrogens (tertiary/aromatic N) is 3. The maximum atomic E-state index is 10.9. The minimum Gasteiger partial charge on any atom is -0.298 e. The monoisotopic (exact) mass is 313 g/mol. The molecule has 0 radical (unpaired) electrons. The van der Waals surface area contributed by atoms with Gasteiger partial charge in [-0.3, -0.25) is 27.4 Å². The maximum absolute atomic E-state index is 10.9. The van der Waals surface area contributed by atoms with Crippen molar-refractivity contribution in [1.82, 2.24) is 13.0 Å². The Balaban J connectivity index is 2.09. The highest BCUT2D eigenvalue weighted by Crippen LogP contribution is 2.41. The molecular weight excluding hydrogens is 301 g/mol. The predicted octanol–water partition coefficient (Wildman–Crippen LogP) is 2.70. The summed E-state index contributed by atoms with van der Waals surface area (Å²) in [6, 6.07) is 5.16. The van der Waals surface area contributed by atoms with Crippen molar-refractivity contribution in [2.24, 2.45) is 0 Å². The van der Waals surface area contributed by atoms with Crippen LogP contribution < -0.4 is 0 Å². The van der Waals surface area contributed by atoms with Crippen LogP contribution in [0.3, 0.4) is 0 Å². The van der Waals surface area contributed by atoms with E-state index in [0.29, 0.717) is 16.7 Å². The number of hydrogen-bond acceptors (Lipinski definition) is 3. The Bertz CT molecular complexity index is 721. The molecule has 22 heavy (non-hydrogen) atoms. The molecule has 0 aliphatic rings. The van der Waals surface area contributed by atoms with Gasteiger partial charge in [-0.25, -0.2) is 0 Å². The normalized spacial score (nSPS) is 10.8. The summed E-state index contributed by atoms with van der Waals surface area (Å²) in [5.41, 5.74) is 1.70. The van der Waals surface area contributed by atoms with Gasteiger partial charge in [-0.15, -0.1) is 0 Å². The lowest BCUT2D eigenvalue weighted by Gasteiger charge is -2.21. The van der Waals surface area contributed by atoms with Gasteiger partial charge in [-0.1, -0.05) is 0 Å². The molecule has 3 aromatic rings. The molecule has 7 heteroatoms. The second-order valence-corrected chi connectivity index (χ2v) is 6.52. The molecule has 110 valence electrons. The minimum atomic E-state index is -1.13. The molecule has 3 rings (SSSR count). The van der Waals surface area contributed by atoms with Gasteiger partial charge in [0.05, 0.1) is 0 Å². The van der Waals surface area contributed by atoms with Crippen LogP contribution in [0.25, 0.3) is 0 Å². The third-order valence-corrected chi connectivity index (χ3v) is 5.12. The lowest BCUT2D eigenvalue weighted by molar-refractivity contribution is 0.111. The lowest BCUT2D eigenvalue weighted by atomic mass is 10.4. The first-order valence-corrected chi connectivity index (χ1v) is 7.65. The Labute approximate surface area is 127 Å². The highest BCUT2D eigenvalue weighted by atomic mass is 31.1. The van der Waals surface area contributed by atoms with Gasteiger partial charge in [0.1, 0.15) is 0 Å². The van der Waals surface area contributed by atoms with Crippen molar-refractivity contribution in [1.29, 1.82) is 0 Å². The topological polar surface area (TPSA) is 66.0 Å². The Morgan fingerprint density at radius 3 is 1.18 bits per heavy atom. The van der Waals surface area contributed by atoms with Crippen LogP contribution in [-0.4, -0.2) is 31.9 Å². The molecule has 3 heterocycles. The number of hydrogen-bond donors (Lipinski definition) is 0. The van der Waals surface area contributed by atoms with Crippen molar-refractivity contribution in [3.63, 3.8) is 0 Å². The summed E-state index contributed by atoms with van der Waals surface area (Å²) in [7, 11) is -1.13. The zero-order valence-electron chi connectivity index (χ0n) is 11.4. The molecule has 0 N–H and O–H groups in total. The van der Waals surface area contributed by atoms with E-state index < -0.39 is 8.37 Å². The highest BCUT2D eigenvalue weighted by Gasteiger charge is 2.17. The second kappa shape index (κ2) is 5.95. The second-order valence-electron chi connectivity index (χ2n) is 4.60. The summed E-state index contributed by atoms with van der Waals surface area (Å²) >= 11 is 0. The maximum Gasteiger partial charge on any atom is 0.219 e.